The maximum absolute atomic E-state index is 13.5. The first kappa shape index (κ1) is 21.4. The smallest absolute Gasteiger partial charge is 0.254 e. The SMILES string of the molecule is CC(c1ccc(F)c(F)c1)N(C)C(=O)CCCNC(=O)c1ccc(F)cc1F. The molecule has 2 aromatic carbocycles. The Hall–Kier alpha value is -2.90. The molecule has 0 aliphatic carbocycles. The van der Waals surface area contributed by atoms with Gasteiger partial charge in [0.25, 0.3) is 5.91 Å². The van der Waals surface area contributed by atoms with Crippen molar-refractivity contribution in [1.29, 1.82) is 0 Å². The summed E-state index contributed by atoms with van der Waals surface area (Å²) in [5.41, 5.74) is 0.173. The fraction of sp³-hybridized carbons (Fsp3) is 0.300. The fourth-order valence-corrected chi connectivity index (χ4v) is 2.60. The molecular formula is C20H20F4N2O2. The minimum atomic E-state index is -0.985. The van der Waals surface area contributed by atoms with Gasteiger partial charge in [-0.15, -0.1) is 0 Å². The lowest BCUT2D eigenvalue weighted by atomic mass is 10.1. The zero-order valence-electron chi connectivity index (χ0n) is 15.4. The van der Waals surface area contributed by atoms with Crippen LogP contribution in [-0.2, 0) is 4.79 Å². The largest absolute Gasteiger partial charge is 0.352 e. The maximum atomic E-state index is 13.5. The molecule has 1 N–H and O–H groups in total. The quantitative estimate of drug-likeness (QED) is 0.569. The molecule has 0 bridgehead atoms. The zero-order valence-corrected chi connectivity index (χ0v) is 15.4. The number of hydrogen-bond acceptors (Lipinski definition) is 2. The van der Waals surface area contributed by atoms with E-state index in [-0.39, 0.29) is 24.4 Å². The minimum Gasteiger partial charge on any atom is -0.352 e. The van der Waals surface area contributed by atoms with Crippen LogP contribution < -0.4 is 5.32 Å². The summed E-state index contributed by atoms with van der Waals surface area (Å²) in [6.45, 7) is 1.80. The van der Waals surface area contributed by atoms with Crippen molar-refractivity contribution < 1.29 is 27.2 Å². The first-order valence-corrected chi connectivity index (χ1v) is 8.64. The van der Waals surface area contributed by atoms with Gasteiger partial charge in [0.05, 0.1) is 11.6 Å². The van der Waals surface area contributed by atoms with Gasteiger partial charge >= 0.3 is 0 Å². The molecule has 0 aliphatic rings. The molecular weight excluding hydrogens is 376 g/mol. The molecule has 0 aromatic heterocycles. The Bertz CT molecular complexity index is 873. The molecule has 0 aliphatic heterocycles. The highest BCUT2D eigenvalue weighted by Gasteiger charge is 2.19. The summed E-state index contributed by atoms with van der Waals surface area (Å²) in [6.07, 6.45) is 0.388. The van der Waals surface area contributed by atoms with Crippen LogP contribution in [0, 0.1) is 23.3 Å². The number of carbonyl (C=O) groups is 2. The van der Waals surface area contributed by atoms with Crippen LogP contribution in [-0.4, -0.2) is 30.3 Å². The van der Waals surface area contributed by atoms with E-state index in [2.05, 4.69) is 5.32 Å². The van der Waals surface area contributed by atoms with Crippen molar-refractivity contribution >= 4 is 11.8 Å². The number of benzene rings is 2. The fourth-order valence-electron chi connectivity index (χ4n) is 2.60. The van der Waals surface area contributed by atoms with E-state index in [0.29, 0.717) is 18.1 Å². The number of hydrogen-bond donors (Lipinski definition) is 1. The molecule has 2 rings (SSSR count). The van der Waals surface area contributed by atoms with Crippen molar-refractivity contribution in [3.05, 3.63) is 70.8 Å². The van der Waals surface area contributed by atoms with E-state index in [1.54, 1.807) is 14.0 Å². The van der Waals surface area contributed by atoms with Gasteiger partial charge in [-0.3, -0.25) is 9.59 Å². The standard InChI is InChI=1S/C20H20F4N2O2/c1-12(13-5-8-16(22)18(24)10-13)26(2)19(27)4-3-9-25-20(28)15-7-6-14(21)11-17(15)23/h5-8,10-12H,3-4,9H2,1-2H3,(H,25,28). The molecule has 2 aromatic rings. The van der Waals surface area contributed by atoms with E-state index in [1.165, 1.54) is 11.0 Å². The van der Waals surface area contributed by atoms with E-state index in [9.17, 15) is 27.2 Å². The summed E-state index contributed by atoms with van der Waals surface area (Å²) in [6, 6.07) is 5.63. The predicted octanol–water partition coefficient (Wildman–Crippen LogP) is 3.97. The van der Waals surface area contributed by atoms with Crippen LogP contribution >= 0.6 is 0 Å². The minimum absolute atomic E-state index is 0.0939. The molecule has 0 radical (unpaired) electrons. The number of nitrogens with zero attached hydrogens (tertiary/aromatic N) is 1. The van der Waals surface area contributed by atoms with Crippen LogP contribution in [0.25, 0.3) is 0 Å². The molecule has 1 atom stereocenters. The van der Waals surface area contributed by atoms with Crippen molar-refractivity contribution in [1.82, 2.24) is 10.2 Å². The lowest BCUT2D eigenvalue weighted by Gasteiger charge is -2.25. The van der Waals surface area contributed by atoms with Crippen LogP contribution in [0.1, 0.15) is 41.7 Å². The molecule has 28 heavy (non-hydrogen) atoms. The van der Waals surface area contributed by atoms with Gasteiger partial charge in [-0.25, -0.2) is 17.6 Å². The molecule has 2 amide bonds. The topological polar surface area (TPSA) is 49.4 Å². The lowest BCUT2D eigenvalue weighted by Crippen LogP contribution is -2.31. The summed E-state index contributed by atoms with van der Waals surface area (Å²) in [7, 11) is 1.54. The van der Waals surface area contributed by atoms with Gasteiger partial charge < -0.3 is 10.2 Å². The molecule has 0 spiro atoms. The van der Waals surface area contributed by atoms with Crippen molar-refractivity contribution in [2.45, 2.75) is 25.8 Å². The monoisotopic (exact) mass is 396 g/mol. The lowest BCUT2D eigenvalue weighted by molar-refractivity contribution is -0.131. The maximum Gasteiger partial charge on any atom is 0.254 e. The summed E-state index contributed by atoms with van der Waals surface area (Å²) in [5.74, 6) is -4.64. The third kappa shape index (κ3) is 5.31. The normalized spacial score (nSPS) is 11.8. The molecule has 0 heterocycles. The van der Waals surface area contributed by atoms with Crippen LogP contribution in [0.4, 0.5) is 17.6 Å². The average molecular weight is 396 g/mol. The van der Waals surface area contributed by atoms with E-state index in [1.807, 2.05) is 0 Å². The summed E-state index contributed by atoms with van der Waals surface area (Å²) in [4.78, 5) is 25.5. The van der Waals surface area contributed by atoms with Gasteiger partial charge in [-0.1, -0.05) is 6.07 Å². The highest BCUT2D eigenvalue weighted by atomic mass is 19.2. The molecule has 0 saturated heterocycles. The number of halogens is 4. The van der Waals surface area contributed by atoms with Crippen molar-refractivity contribution in [3.63, 3.8) is 0 Å². The van der Waals surface area contributed by atoms with Crippen molar-refractivity contribution in [3.8, 4) is 0 Å². The molecule has 1 unspecified atom stereocenters. The summed E-state index contributed by atoms with van der Waals surface area (Å²) in [5, 5.41) is 2.46. The van der Waals surface area contributed by atoms with Crippen molar-refractivity contribution in [2.75, 3.05) is 13.6 Å². The van der Waals surface area contributed by atoms with Gasteiger partial charge in [-0.2, -0.15) is 0 Å². The Balaban J connectivity index is 1.82. The molecule has 150 valence electrons. The van der Waals surface area contributed by atoms with E-state index in [0.717, 1.165) is 24.3 Å². The molecule has 0 fully saturated rings. The van der Waals surface area contributed by atoms with Gasteiger partial charge in [0.15, 0.2) is 11.6 Å². The van der Waals surface area contributed by atoms with Gasteiger partial charge in [0.1, 0.15) is 11.6 Å². The number of amides is 2. The van der Waals surface area contributed by atoms with Gasteiger partial charge in [-0.05, 0) is 43.2 Å². The Labute approximate surface area is 160 Å². The third-order valence-electron chi connectivity index (χ3n) is 4.43. The Kier molecular flexibility index (Phi) is 7.14. The summed E-state index contributed by atoms with van der Waals surface area (Å²) >= 11 is 0. The Morgan fingerprint density at radius 2 is 1.71 bits per heavy atom. The van der Waals surface area contributed by atoms with Crippen LogP contribution in [0.15, 0.2) is 36.4 Å². The van der Waals surface area contributed by atoms with Crippen LogP contribution in [0.2, 0.25) is 0 Å². The highest BCUT2D eigenvalue weighted by Crippen LogP contribution is 2.21. The zero-order chi connectivity index (χ0) is 20.8. The van der Waals surface area contributed by atoms with Crippen LogP contribution in [0.5, 0.6) is 0 Å². The third-order valence-corrected chi connectivity index (χ3v) is 4.43. The second-order valence-electron chi connectivity index (χ2n) is 6.34. The van der Waals surface area contributed by atoms with Gasteiger partial charge in [0, 0.05) is 26.1 Å². The summed E-state index contributed by atoms with van der Waals surface area (Å²) < 4.78 is 52.8. The van der Waals surface area contributed by atoms with Gasteiger partial charge in [0.2, 0.25) is 5.91 Å². The Morgan fingerprint density at radius 1 is 1.00 bits per heavy atom. The first-order chi connectivity index (χ1) is 13.2. The second kappa shape index (κ2) is 9.34. The first-order valence-electron chi connectivity index (χ1n) is 8.64. The number of carbonyl (C=O) groups excluding carboxylic acids is 2. The molecule has 4 nitrogen and oxygen atoms in total. The van der Waals surface area contributed by atoms with E-state index in [4.69, 9.17) is 0 Å². The predicted molar refractivity (Wildman–Crippen MR) is 95.5 cm³/mol. The number of rotatable bonds is 7. The number of nitrogens with one attached hydrogen (secondary N) is 1. The average Bonchev–Trinajstić information content (AvgIpc) is 2.65. The van der Waals surface area contributed by atoms with Crippen LogP contribution in [0.3, 0.4) is 0 Å². The van der Waals surface area contributed by atoms with E-state index < -0.39 is 35.2 Å². The Morgan fingerprint density at radius 3 is 2.36 bits per heavy atom. The molecule has 0 saturated carbocycles. The second-order valence-corrected chi connectivity index (χ2v) is 6.34. The highest BCUT2D eigenvalue weighted by molar-refractivity contribution is 5.94. The molecule has 8 heteroatoms. The van der Waals surface area contributed by atoms with E-state index >= 15 is 0 Å². The van der Waals surface area contributed by atoms with Crippen molar-refractivity contribution in [2.24, 2.45) is 0 Å².